The molecule has 1 saturated heterocycles. The monoisotopic (exact) mass is 305 g/mol. The van der Waals surface area contributed by atoms with E-state index >= 15 is 0 Å². The maximum atomic E-state index is 12.7. The summed E-state index contributed by atoms with van der Waals surface area (Å²) >= 11 is 0. The predicted molar refractivity (Wildman–Crippen MR) is 95.2 cm³/mol. The standard InChI is InChI=1S/C21H23NO/c23-21(19-13-7-4-8-14-19)17-20(18-11-5-3-6-12-18)22-15-9-1-2-10-16-22/h3-8,11-14,17H,1-2,9-10,15-16H2/b20-17+. The summed E-state index contributed by atoms with van der Waals surface area (Å²) in [4.78, 5) is 15.0. The van der Waals surface area contributed by atoms with Crippen LogP contribution in [0.4, 0.5) is 0 Å². The summed E-state index contributed by atoms with van der Waals surface area (Å²) in [6.45, 7) is 2.06. The molecule has 2 nitrogen and oxygen atoms in total. The van der Waals surface area contributed by atoms with Gasteiger partial charge >= 0.3 is 0 Å². The van der Waals surface area contributed by atoms with E-state index in [0.29, 0.717) is 0 Å². The predicted octanol–water partition coefficient (Wildman–Crippen LogP) is 4.79. The van der Waals surface area contributed by atoms with E-state index in [1.54, 1.807) is 0 Å². The van der Waals surface area contributed by atoms with Crippen molar-refractivity contribution in [3.8, 4) is 0 Å². The zero-order chi connectivity index (χ0) is 15.9. The molecule has 0 spiro atoms. The zero-order valence-corrected chi connectivity index (χ0v) is 13.4. The van der Waals surface area contributed by atoms with Crippen LogP contribution in [0.15, 0.2) is 66.7 Å². The smallest absolute Gasteiger partial charge is 0.187 e. The van der Waals surface area contributed by atoms with Gasteiger partial charge in [0.15, 0.2) is 5.78 Å². The molecule has 0 saturated carbocycles. The lowest BCUT2D eigenvalue weighted by atomic mass is 10.1. The Bertz CT molecular complexity index is 653. The van der Waals surface area contributed by atoms with Crippen LogP contribution in [0, 0.1) is 0 Å². The molecule has 1 aliphatic rings. The molecule has 0 N–H and O–H groups in total. The number of hydrogen-bond acceptors (Lipinski definition) is 2. The first-order valence-electron chi connectivity index (χ1n) is 8.46. The van der Waals surface area contributed by atoms with E-state index in [4.69, 9.17) is 0 Å². The molecule has 3 rings (SSSR count). The van der Waals surface area contributed by atoms with Gasteiger partial charge in [-0.05, 0) is 18.4 Å². The van der Waals surface area contributed by atoms with Crippen LogP contribution in [0.25, 0.3) is 5.70 Å². The average Bonchev–Trinajstić information content (AvgIpc) is 2.90. The van der Waals surface area contributed by atoms with Gasteiger partial charge < -0.3 is 4.90 Å². The largest absolute Gasteiger partial charge is 0.371 e. The van der Waals surface area contributed by atoms with Crippen LogP contribution in [0.5, 0.6) is 0 Å². The Hall–Kier alpha value is -2.35. The Balaban J connectivity index is 1.94. The lowest BCUT2D eigenvalue weighted by molar-refractivity contribution is 0.104. The van der Waals surface area contributed by atoms with Crippen molar-refractivity contribution in [2.45, 2.75) is 25.7 Å². The Labute approximate surface area is 138 Å². The van der Waals surface area contributed by atoms with Gasteiger partial charge in [-0.25, -0.2) is 0 Å². The summed E-state index contributed by atoms with van der Waals surface area (Å²) in [5.41, 5.74) is 2.93. The zero-order valence-electron chi connectivity index (χ0n) is 13.4. The second-order valence-corrected chi connectivity index (χ2v) is 6.03. The van der Waals surface area contributed by atoms with Crippen LogP contribution < -0.4 is 0 Å². The highest BCUT2D eigenvalue weighted by atomic mass is 16.1. The summed E-state index contributed by atoms with van der Waals surface area (Å²) in [6, 6.07) is 19.8. The highest BCUT2D eigenvalue weighted by Crippen LogP contribution is 2.24. The molecule has 1 aliphatic heterocycles. The van der Waals surface area contributed by atoms with Crippen molar-refractivity contribution in [2.24, 2.45) is 0 Å². The minimum Gasteiger partial charge on any atom is -0.371 e. The van der Waals surface area contributed by atoms with Crippen LogP contribution in [0.2, 0.25) is 0 Å². The summed E-state index contributed by atoms with van der Waals surface area (Å²) in [6.07, 6.45) is 6.78. The fourth-order valence-corrected chi connectivity index (χ4v) is 3.09. The second-order valence-electron chi connectivity index (χ2n) is 6.03. The average molecular weight is 305 g/mol. The molecule has 0 amide bonds. The quantitative estimate of drug-likeness (QED) is 0.598. The van der Waals surface area contributed by atoms with Gasteiger partial charge in [0.05, 0.1) is 0 Å². The molecule has 2 heteroatoms. The van der Waals surface area contributed by atoms with Gasteiger partial charge in [0.25, 0.3) is 0 Å². The van der Waals surface area contributed by atoms with Crippen molar-refractivity contribution in [3.05, 3.63) is 77.9 Å². The normalized spacial score (nSPS) is 16.0. The molecule has 2 aromatic carbocycles. The van der Waals surface area contributed by atoms with Gasteiger partial charge in [0, 0.05) is 30.4 Å². The number of carbonyl (C=O) groups excluding carboxylic acids is 1. The lowest BCUT2D eigenvalue weighted by Gasteiger charge is -2.26. The van der Waals surface area contributed by atoms with Crippen molar-refractivity contribution in [1.82, 2.24) is 4.90 Å². The SMILES string of the molecule is O=C(/C=C(\c1ccccc1)N1CCCCCC1)c1ccccc1. The van der Waals surface area contributed by atoms with E-state index < -0.39 is 0 Å². The van der Waals surface area contributed by atoms with E-state index in [1.807, 2.05) is 54.6 Å². The maximum absolute atomic E-state index is 12.7. The molecular formula is C21H23NO. The number of benzene rings is 2. The Kier molecular flexibility index (Phi) is 5.25. The fourth-order valence-electron chi connectivity index (χ4n) is 3.09. The van der Waals surface area contributed by atoms with Gasteiger partial charge in [-0.3, -0.25) is 4.79 Å². The summed E-state index contributed by atoms with van der Waals surface area (Å²) in [5.74, 6) is 0.0775. The van der Waals surface area contributed by atoms with Crippen molar-refractivity contribution in [1.29, 1.82) is 0 Å². The van der Waals surface area contributed by atoms with E-state index in [2.05, 4.69) is 17.0 Å². The molecule has 2 aromatic rings. The third-order valence-electron chi connectivity index (χ3n) is 4.34. The molecule has 1 heterocycles. The van der Waals surface area contributed by atoms with Crippen LogP contribution >= 0.6 is 0 Å². The number of rotatable bonds is 4. The first-order valence-corrected chi connectivity index (χ1v) is 8.46. The Morgan fingerprint density at radius 2 is 1.26 bits per heavy atom. The van der Waals surface area contributed by atoms with Crippen molar-refractivity contribution in [2.75, 3.05) is 13.1 Å². The molecule has 0 aliphatic carbocycles. The topological polar surface area (TPSA) is 20.3 Å². The van der Waals surface area contributed by atoms with E-state index in [-0.39, 0.29) is 5.78 Å². The van der Waals surface area contributed by atoms with Crippen LogP contribution in [0.1, 0.15) is 41.6 Å². The van der Waals surface area contributed by atoms with Crippen LogP contribution in [0.3, 0.4) is 0 Å². The molecule has 1 fully saturated rings. The lowest BCUT2D eigenvalue weighted by Crippen LogP contribution is -2.23. The molecule has 0 bridgehead atoms. The molecule has 0 aromatic heterocycles. The number of nitrogens with zero attached hydrogens (tertiary/aromatic N) is 1. The maximum Gasteiger partial charge on any atom is 0.187 e. The Morgan fingerprint density at radius 1 is 0.739 bits per heavy atom. The van der Waals surface area contributed by atoms with Gasteiger partial charge in [0.1, 0.15) is 0 Å². The number of hydrogen-bond donors (Lipinski definition) is 0. The third kappa shape index (κ3) is 4.10. The van der Waals surface area contributed by atoms with Gasteiger partial charge in [-0.15, -0.1) is 0 Å². The van der Waals surface area contributed by atoms with Gasteiger partial charge in [-0.2, -0.15) is 0 Å². The van der Waals surface area contributed by atoms with Crippen molar-refractivity contribution >= 4 is 11.5 Å². The van der Waals surface area contributed by atoms with Gasteiger partial charge in [-0.1, -0.05) is 73.5 Å². The first-order chi connectivity index (χ1) is 11.3. The highest BCUT2D eigenvalue weighted by molar-refractivity contribution is 6.08. The van der Waals surface area contributed by atoms with Crippen LogP contribution in [-0.4, -0.2) is 23.8 Å². The summed E-state index contributed by atoms with van der Waals surface area (Å²) in [7, 11) is 0. The van der Waals surface area contributed by atoms with Gasteiger partial charge in [0.2, 0.25) is 0 Å². The number of carbonyl (C=O) groups is 1. The van der Waals surface area contributed by atoms with E-state index in [0.717, 1.165) is 29.9 Å². The van der Waals surface area contributed by atoms with Crippen molar-refractivity contribution in [3.63, 3.8) is 0 Å². The van der Waals surface area contributed by atoms with Crippen LogP contribution in [-0.2, 0) is 0 Å². The fraction of sp³-hybridized carbons (Fsp3) is 0.286. The number of likely N-dealkylation sites (tertiary alicyclic amines) is 1. The minimum atomic E-state index is 0.0775. The molecular weight excluding hydrogens is 282 g/mol. The molecule has 23 heavy (non-hydrogen) atoms. The summed E-state index contributed by atoms with van der Waals surface area (Å²) in [5, 5.41) is 0. The number of ketones is 1. The Morgan fingerprint density at radius 3 is 1.83 bits per heavy atom. The third-order valence-corrected chi connectivity index (χ3v) is 4.34. The first kappa shape index (κ1) is 15.5. The van der Waals surface area contributed by atoms with Crippen molar-refractivity contribution < 1.29 is 4.79 Å². The second kappa shape index (κ2) is 7.77. The molecule has 0 radical (unpaired) electrons. The minimum absolute atomic E-state index is 0.0775. The summed E-state index contributed by atoms with van der Waals surface area (Å²) < 4.78 is 0. The molecule has 0 unspecified atom stereocenters. The molecule has 0 atom stereocenters. The van der Waals surface area contributed by atoms with E-state index in [1.165, 1.54) is 25.7 Å². The van der Waals surface area contributed by atoms with E-state index in [9.17, 15) is 4.79 Å². The number of allylic oxidation sites excluding steroid dienone is 1. The molecule has 118 valence electrons. The highest BCUT2D eigenvalue weighted by Gasteiger charge is 2.16.